The third kappa shape index (κ3) is 5.42. The van der Waals surface area contributed by atoms with Crippen LogP contribution < -0.4 is 5.43 Å². The number of fused-ring (bicyclic) bond motifs is 1. The van der Waals surface area contributed by atoms with Crippen LogP contribution >= 0.6 is 34.5 Å². The Bertz CT molecular complexity index is 1340. The number of thiophene rings is 1. The molecule has 2 aromatic carbocycles. The van der Waals surface area contributed by atoms with E-state index in [-0.39, 0.29) is 12.5 Å². The molecule has 1 aliphatic rings. The molecule has 8 heteroatoms. The fraction of sp³-hybridized carbons (Fsp3) is 0.154. The number of hydrogen-bond acceptors (Lipinski definition) is 5. The minimum atomic E-state index is -0.158. The van der Waals surface area contributed by atoms with Gasteiger partial charge in [0.1, 0.15) is 11.5 Å². The minimum absolute atomic E-state index is 0.158. The lowest BCUT2D eigenvalue weighted by Gasteiger charge is -2.25. The molecular formula is C26H21Cl2N3O2S. The predicted octanol–water partition coefficient (Wildman–Crippen LogP) is 6.49. The molecule has 1 amide bonds. The van der Waals surface area contributed by atoms with Gasteiger partial charge in [0.25, 0.3) is 5.91 Å². The van der Waals surface area contributed by atoms with Gasteiger partial charge in [-0.25, -0.2) is 5.43 Å². The lowest BCUT2D eigenvalue weighted by molar-refractivity contribution is -0.122. The zero-order chi connectivity index (χ0) is 23.5. The monoisotopic (exact) mass is 509 g/mol. The summed E-state index contributed by atoms with van der Waals surface area (Å²) in [6, 6.07) is 21.2. The summed E-state index contributed by atoms with van der Waals surface area (Å²) in [4.78, 5) is 17.1. The third-order valence-electron chi connectivity index (χ3n) is 5.56. The quantitative estimate of drug-likeness (QED) is 0.238. The maximum Gasteiger partial charge on any atom is 0.254 e. The average molecular weight is 510 g/mol. The van der Waals surface area contributed by atoms with Crippen molar-refractivity contribution in [3.8, 4) is 21.8 Å². The second-order valence-corrected chi connectivity index (χ2v) is 10.0. The summed E-state index contributed by atoms with van der Waals surface area (Å²) in [5, 5.41) is 5.45. The normalized spacial score (nSPS) is 13.8. The molecule has 34 heavy (non-hydrogen) atoms. The van der Waals surface area contributed by atoms with Crippen LogP contribution in [0.5, 0.6) is 0 Å². The fourth-order valence-corrected chi connectivity index (χ4v) is 5.38. The number of nitrogens with one attached hydrogen (secondary N) is 1. The van der Waals surface area contributed by atoms with E-state index in [9.17, 15) is 4.79 Å². The first-order valence-corrected chi connectivity index (χ1v) is 12.4. The largest absolute Gasteiger partial charge is 0.455 e. The number of halogens is 2. The van der Waals surface area contributed by atoms with Gasteiger partial charge in [-0.1, -0.05) is 35.3 Å². The Balaban J connectivity index is 1.15. The van der Waals surface area contributed by atoms with Gasteiger partial charge in [0.05, 0.1) is 12.8 Å². The molecule has 1 aliphatic heterocycles. The van der Waals surface area contributed by atoms with E-state index in [0.717, 1.165) is 35.7 Å². The maximum atomic E-state index is 12.4. The van der Waals surface area contributed by atoms with E-state index in [2.05, 4.69) is 27.6 Å². The van der Waals surface area contributed by atoms with E-state index in [0.29, 0.717) is 16.5 Å². The summed E-state index contributed by atoms with van der Waals surface area (Å²) >= 11 is 13.9. The highest BCUT2D eigenvalue weighted by Gasteiger charge is 2.21. The smallest absolute Gasteiger partial charge is 0.254 e. The Morgan fingerprint density at radius 1 is 1.06 bits per heavy atom. The van der Waals surface area contributed by atoms with Crippen molar-refractivity contribution in [1.29, 1.82) is 0 Å². The van der Waals surface area contributed by atoms with Crippen LogP contribution in [0.15, 0.2) is 76.2 Å². The van der Waals surface area contributed by atoms with Crippen molar-refractivity contribution in [3.63, 3.8) is 0 Å². The van der Waals surface area contributed by atoms with Gasteiger partial charge in [-0.15, -0.1) is 11.3 Å². The van der Waals surface area contributed by atoms with Crippen LogP contribution in [0.1, 0.15) is 16.2 Å². The second-order valence-electron chi connectivity index (χ2n) is 8.03. The first-order valence-electron chi connectivity index (χ1n) is 10.8. The van der Waals surface area contributed by atoms with Crippen molar-refractivity contribution in [1.82, 2.24) is 10.3 Å². The average Bonchev–Trinajstić information content (AvgIpc) is 3.47. The van der Waals surface area contributed by atoms with Gasteiger partial charge < -0.3 is 4.42 Å². The summed E-state index contributed by atoms with van der Waals surface area (Å²) in [5.74, 6) is 1.11. The summed E-state index contributed by atoms with van der Waals surface area (Å²) in [7, 11) is 0. The summed E-state index contributed by atoms with van der Waals surface area (Å²) < 4.78 is 5.77. The minimum Gasteiger partial charge on any atom is -0.455 e. The van der Waals surface area contributed by atoms with Crippen molar-refractivity contribution >= 4 is 46.7 Å². The standard InChI is InChI=1S/C26H21Cl2N3O2S/c27-20-6-4-17(5-7-20)23-9-8-22(33-23)14-29-30-26(32)16-31-11-10-24-19(15-31)13-25(34-24)18-2-1-3-21(28)12-18/h1-9,12-14H,10-11,15-16H2,(H,30,32). The van der Waals surface area contributed by atoms with Crippen LogP contribution in [-0.2, 0) is 17.8 Å². The van der Waals surface area contributed by atoms with Crippen LogP contribution in [0, 0.1) is 0 Å². The van der Waals surface area contributed by atoms with E-state index < -0.39 is 0 Å². The highest BCUT2D eigenvalue weighted by atomic mass is 35.5. The lowest BCUT2D eigenvalue weighted by atomic mass is 10.1. The molecule has 172 valence electrons. The van der Waals surface area contributed by atoms with E-state index >= 15 is 0 Å². The first-order chi connectivity index (χ1) is 16.5. The maximum absolute atomic E-state index is 12.4. The third-order valence-corrected chi connectivity index (χ3v) is 7.33. The molecule has 0 saturated heterocycles. The van der Waals surface area contributed by atoms with Gasteiger partial charge in [-0.2, -0.15) is 5.10 Å². The van der Waals surface area contributed by atoms with Crippen molar-refractivity contribution in [2.45, 2.75) is 13.0 Å². The number of carbonyl (C=O) groups excluding carboxylic acids is 1. The molecule has 4 aromatic rings. The van der Waals surface area contributed by atoms with Crippen LogP contribution in [0.25, 0.3) is 21.8 Å². The number of benzene rings is 2. The second kappa shape index (κ2) is 10.2. The SMILES string of the molecule is O=C(CN1CCc2sc(-c3cccc(Cl)c3)cc2C1)NN=Cc1ccc(-c2ccc(Cl)cc2)o1. The van der Waals surface area contributed by atoms with Crippen molar-refractivity contribution in [2.24, 2.45) is 5.10 Å². The first kappa shape index (κ1) is 22.9. The van der Waals surface area contributed by atoms with E-state index in [1.807, 2.05) is 48.5 Å². The Morgan fingerprint density at radius 3 is 2.74 bits per heavy atom. The summed E-state index contributed by atoms with van der Waals surface area (Å²) in [6.45, 7) is 1.86. The molecule has 1 N–H and O–H groups in total. The fourth-order valence-electron chi connectivity index (χ4n) is 3.91. The highest BCUT2D eigenvalue weighted by molar-refractivity contribution is 7.15. The van der Waals surface area contributed by atoms with Gasteiger partial charge in [0.2, 0.25) is 0 Å². The van der Waals surface area contributed by atoms with E-state index in [1.165, 1.54) is 21.5 Å². The number of furan rings is 1. The number of carbonyl (C=O) groups is 1. The topological polar surface area (TPSA) is 57.8 Å². The molecule has 0 atom stereocenters. The molecule has 5 rings (SSSR count). The molecule has 5 nitrogen and oxygen atoms in total. The summed E-state index contributed by atoms with van der Waals surface area (Å²) in [5.41, 5.74) is 5.91. The molecular weight excluding hydrogens is 489 g/mol. The molecule has 0 aliphatic carbocycles. The molecule has 3 heterocycles. The molecule has 0 radical (unpaired) electrons. The van der Waals surface area contributed by atoms with Crippen LogP contribution in [-0.4, -0.2) is 30.1 Å². The zero-order valence-corrected chi connectivity index (χ0v) is 20.5. The molecule has 0 unspecified atom stereocenters. The van der Waals surface area contributed by atoms with Crippen LogP contribution in [0.4, 0.5) is 0 Å². The molecule has 0 fully saturated rings. The summed E-state index contributed by atoms with van der Waals surface area (Å²) in [6.07, 6.45) is 2.43. The Morgan fingerprint density at radius 2 is 1.91 bits per heavy atom. The van der Waals surface area contributed by atoms with Gasteiger partial charge in [0.15, 0.2) is 0 Å². The molecule has 0 bridgehead atoms. The van der Waals surface area contributed by atoms with Crippen LogP contribution in [0.2, 0.25) is 10.0 Å². The Labute approximate surface area is 211 Å². The van der Waals surface area contributed by atoms with Crippen LogP contribution in [0.3, 0.4) is 0 Å². The van der Waals surface area contributed by atoms with E-state index in [4.69, 9.17) is 27.6 Å². The van der Waals surface area contributed by atoms with Gasteiger partial charge >= 0.3 is 0 Å². The van der Waals surface area contributed by atoms with Gasteiger partial charge in [0, 0.05) is 38.5 Å². The van der Waals surface area contributed by atoms with Crippen molar-refractivity contribution < 1.29 is 9.21 Å². The Hall–Kier alpha value is -2.90. The highest BCUT2D eigenvalue weighted by Crippen LogP contribution is 2.35. The molecule has 2 aromatic heterocycles. The lowest BCUT2D eigenvalue weighted by Crippen LogP contribution is -2.38. The zero-order valence-electron chi connectivity index (χ0n) is 18.1. The van der Waals surface area contributed by atoms with Crippen molar-refractivity contribution in [2.75, 3.05) is 13.1 Å². The number of rotatable bonds is 6. The Kier molecular flexibility index (Phi) is 6.83. The molecule has 0 saturated carbocycles. The molecule has 0 spiro atoms. The number of hydrogen-bond donors (Lipinski definition) is 1. The van der Waals surface area contributed by atoms with Crippen molar-refractivity contribution in [3.05, 3.63) is 93.0 Å². The number of nitrogens with zero attached hydrogens (tertiary/aromatic N) is 2. The van der Waals surface area contributed by atoms with Gasteiger partial charge in [-0.05, 0) is 72.1 Å². The van der Waals surface area contributed by atoms with E-state index in [1.54, 1.807) is 17.4 Å². The number of amides is 1. The van der Waals surface area contributed by atoms with Gasteiger partial charge in [-0.3, -0.25) is 9.69 Å². The number of hydrazone groups is 1. The predicted molar refractivity (Wildman–Crippen MR) is 139 cm³/mol.